The lowest BCUT2D eigenvalue weighted by Crippen LogP contribution is -2.46. The van der Waals surface area contributed by atoms with E-state index in [1.165, 1.54) is 11.1 Å². The van der Waals surface area contributed by atoms with Crippen LogP contribution in [0, 0.1) is 0 Å². The van der Waals surface area contributed by atoms with Gasteiger partial charge in [-0.25, -0.2) is 0 Å². The molecular weight excluding hydrogens is 284 g/mol. The molecule has 2 aromatic carbocycles. The van der Waals surface area contributed by atoms with Gasteiger partial charge < -0.3 is 0 Å². The molecule has 0 aliphatic rings. The molecule has 0 aliphatic heterocycles. The second-order valence-electron chi connectivity index (χ2n) is 8.15. The molecule has 0 unspecified atom stereocenters. The van der Waals surface area contributed by atoms with Crippen molar-refractivity contribution in [3.8, 4) is 11.1 Å². The van der Waals surface area contributed by atoms with Crippen LogP contribution in [-0.2, 0) is 0 Å². The first-order chi connectivity index (χ1) is 9.69. The molecule has 0 nitrogen and oxygen atoms in total. The van der Waals surface area contributed by atoms with Crippen LogP contribution in [0.15, 0.2) is 54.6 Å². The predicted molar refractivity (Wildman–Crippen MR) is 101 cm³/mol. The van der Waals surface area contributed by atoms with E-state index in [2.05, 4.69) is 93.9 Å². The normalized spacial score (nSPS) is 12.7. The van der Waals surface area contributed by atoms with E-state index in [-0.39, 0.29) is 0 Å². The van der Waals surface area contributed by atoms with E-state index in [4.69, 9.17) is 0 Å². The Balaban J connectivity index is 2.37. The van der Waals surface area contributed by atoms with Crippen LogP contribution < -0.4 is 0 Å². The molecule has 2 rings (SSSR count). The van der Waals surface area contributed by atoms with Gasteiger partial charge in [-0.1, -0.05) is 99.4 Å². The van der Waals surface area contributed by atoms with E-state index in [0.29, 0.717) is 0 Å². The van der Waals surface area contributed by atoms with E-state index in [9.17, 15) is 0 Å². The summed E-state index contributed by atoms with van der Waals surface area (Å²) in [4.78, 5) is 0. The van der Waals surface area contributed by atoms with E-state index in [0.717, 1.165) is 5.16 Å². The van der Waals surface area contributed by atoms with Gasteiger partial charge in [0.15, 0.2) is 0 Å². The highest BCUT2D eigenvalue weighted by atomic mass is 28.4. The zero-order valence-corrected chi connectivity index (χ0v) is 16.3. The summed E-state index contributed by atoms with van der Waals surface area (Å²) in [6.07, 6.45) is 0. The fraction of sp³-hybridized carbons (Fsp3) is 0.368. The lowest BCUT2D eigenvalue weighted by atomic mass is 10.0. The van der Waals surface area contributed by atoms with Gasteiger partial charge in [0.25, 0.3) is 0 Å². The Labute approximate surface area is 132 Å². The van der Waals surface area contributed by atoms with Crippen LogP contribution >= 0.6 is 0 Å². The average molecular weight is 313 g/mol. The first kappa shape index (κ1) is 16.2. The van der Waals surface area contributed by atoms with Crippen LogP contribution in [0.2, 0.25) is 39.3 Å². The maximum atomic E-state index is 2.51. The van der Waals surface area contributed by atoms with Crippen molar-refractivity contribution in [2.75, 3.05) is 0 Å². The van der Waals surface area contributed by atoms with Crippen molar-refractivity contribution < 1.29 is 0 Å². The van der Waals surface area contributed by atoms with Crippen LogP contribution in [0.25, 0.3) is 11.1 Å². The van der Waals surface area contributed by atoms with Crippen LogP contribution in [0.3, 0.4) is 0 Å². The summed E-state index contributed by atoms with van der Waals surface area (Å²) < 4.78 is 0. The number of rotatable bonds is 4. The standard InChI is InChI=1S/C19H28Si2/c1-20(2,3)19(21(4,5)6)18-14-12-17(13-15-18)16-10-8-7-9-11-16/h7-15,19H,1-6H3. The fourth-order valence-electron chi connectivity index (χ4n) is 3.80. The summed E-state index contributed by atoms with van der Waals surface area (Å²) in [6, 6.07) is 20.0. The van der Waals surface area contributed by atoms with Crippen LogP contribution in [0.1, 0.15) is 10.7 Å². The van der Waals surface area contributed by atoms with Crippen molar-refractivity contribution >= 4 is 16.1 Å². The molecule has 0 fully saturated rings. The summed E-state index contributed by atoms with van der Waals surface area (Å²) in [5.41, 5.74) is 4.19. The van der Waals surface area contributed by atoms with Gasteiger partial charge in [-0.05, 0) is 16.3 Å². The maximum Gasteiger partial charge on any atom is 0.0493 e. The molecule has 0 amide bonds. The van der Waals surface area contributed by atoms with Gasteiger partial charge in [-0.2, -0.15) is 0 Å². The van der Waals surface area contributed by atoms with Crippen LogP contribution in [-0.4, -0.2) is 16.1 Å². The third-order valence-electron chi connectivity index (χ3n) is 4.08. The molecule has 2 aromatic rings. The summed E-state index contributed by atoms with van der Waals surface area (Å²) in [5.74, 6) is 0. The summed E-state index contributed by atoms with van der Waals surface area (Å²) in [7, 11) is -2.40. The molecule has 0 spiro atoms. The molecule has 0 aromatic heterocycles. The van der Waals surface area contributed by atoms with E-state index in [1.54, 1.807) is 5.56 Å². The van der Waals surface area contributed by atoms with Gasteiger partial charge in [0.1, 0.15) is 0 Å². The second kappa shape index (κ2) is 5.94. The number of benzene rings is 2. The summed E-state index contributed by atoms with van der Waals surface area (Å²) in [5, 5.41) is 0.815. The molecule has 0 atom stereocenters. The lowest BCUT2D eigenvalue weighted by Gasteiger charge is -2.39. The van der Waals surface area contributed by atoms with Crippen LogP contribution in [0.4, 0.5) is 0 Å². The largest absolute Gasteiger partial charge is 0.0693 e. The maximum absolute atomic E-state index is 2.51. The Morgan fingerprint density at radius 3 is 1.43 bits per heavy atom. The molecule has 0 radical (unpaired) electrons. The minimum absolute atomic E-state index is 0.815. The highest BCUT2D eigenvalue weighted by Crippen LogP contribution is 2.36. The summed E-state index contributed by atoms with van der Waals surface area (Å²) >= 11 is 0. The van der Waals surface area contributed by atoms with Crippen molar-refractivity contribution in [1.82, 2.24) is 0 Å². The highest BCUT2D eigenvalue weighted by Gasteiger charge is 2.38. The summed E-state index contributed by atoms with van der Waals surface area (Å²) in [6.45, 7) is 15.1. The SMILES string of the molecule is C[Si](C)(C)C(c1ccc(-c2ccccc2)cc1)[Si](C)(C)C. The van der Waals surface area contributed by atoms with E-state index in [1.807, 2.05) is 0 Å². The zero-order valence-electron chi connectivity index (χ0n) is 14.3. The fourth-order valence-corrected chi connectivity index (χ4v) is 16.6. The Morgan fingerprint density at radius 2 is 1.00 bits per heavy atom. The van der Waals surface area contributed by atoms with Gasteiger partial charge in [0.2, 0.25) is 0 Å². The van der Waals surface area contributed by atoms with E-state index < -0.39 is 16.1 Å². The molecule has 0 heterocycles. The van der Waals surface area contributed by atoms with Gasteiger partial charge in [0, 0.05) is 16.1 Å². The zero-order chi connectivity index (χ0) is 15.7. The molecular formula is C19H28Si2. The quantitative estimate of drug-likeness (QED) is 0.590. The minimum Gasteiger partial charge on any atom is -0.0693 e. The molecule has 21 heavy (non-hydrogen) atoms. The Morgan fingerprint density at radius 1 is 0.571 bits per heavy atom. The molecule has 0 N–H and O–H groups in total. The van der Waals surface area contributed by atoms with Gasteiger partial charge >= 0.3 is 0 Å². The van der Waals surface area contributed by atoms with Crippen molar-refractivity contribution in [3.05, 3.63) is 60.2 Å². The van der Waals surface area contributed by atoms with Gasteiger partial charge in [-0.3, -0.25) is 0 Å². The van der Waals surface area contributed by atoms with Crippen molar-refractivity contribution in [1.29, 1.82) is 0 Å². The molecule has 0 saturated heterocycles. The molecule has 0 saturated carbocycles. The van der Waals surface area contributed by atoms with Crippen molar-refractivity contribution in [3.63, 3.8) is 0 Å². The third kappa shape index (κ3) is 3.95. The molecule has 0 aliphatic carbocycles. The average Bonchev–Trinajstić information content (AvgIpc) is 2.37. The lowest BCUT2D eigenvalue weighted by molar-refractivity contribution is 1.18. The van der Waals surface area contributed by atoms with E-state index >= 15 is 0 Å². The van der Waals surface area contributed by atoms with Crippen molar-refractivity contribution in [2.24, 2.45) is 0 Å². The predicted octanol–water partition coefficient (Wildman–Crippen LogP) is 6.19. The molecule has 0 bridgehead atoms. The molecule has 112 valence electrons. The second-order valence-corrected chi connectivity index (χ2v) is 19.3. The Kier molecular flexibility index (Phi) is 4.59. The molecule has 2 heteroatoms. The van der Waals surface area contributed by atoms with Gasteiger partial charge in [0.05, 0.1) is 0 Å². The third-order valence-corrected chi connectivity index (χ3v) is 13.4. The topological polar surface area (TPSA) is 0 Å². The Bertz CT molecular complexity index is 558. The monoisotopic (exact) mass is 312 g/mol. The Hall–Kier alpha value is -1.13. The first-order valence-electron chi connectivity index (χ1n) is 7.85. The first-order valence-corrected chi connectivity index (χ1v) is 15.0. The highest BCUT2D eigenvalue weighted by molar-refractivity contribution is 6.96. The number of hydrogen-bond donors (Lipinski definition) is 0. The smallest absolute Gasteiger partial charge is 0.0493 e. The number of hydrogen-bond acceptors (Lipinski definition) is 0. The minimum atomic E-state index is -1.20. The van der Waals surface area contributed by atoms with Crippen LogP contribution in [0.5, 0.6) is 0 Å². The van der Waals surface area contributed by atoms with Crippen molar-refractivity contribution in [2.45, 2.75) is 44.4 Å². The van der Waals surface area contributed by atoms with Gasteiger partial charge in [-0.15, -0.1) is 0 Å².